The van der Waals surface area contributed by atoms with Crippen LogP contribution in [0.2, 0.25) is 0 Å². The van der Waals surface area contributed by atoms with E-state index in [1.165, 1.54) is 6.08 Å². The Labute approximate surface area is 153 Å². The van der Waals surface area contributed by atoms with Crippen molar-refractivity contribution in [3.8, 4) is 22.6 Å². The number of hydrogen-bond donors (Lipinski definition) is 0. The van der Waals surface area contributed by atoms with Crippen LogP contribution in [0.25, 0.3) is 17.2 Å². The van der Waals surface area contributed by atoms with Gasteiger partial charge in [0.1, 0.15) is 12.9 Å². The molecule has 0 saturated heterocycles. The van der Waals surface area contributed by atoms with Crippen molar-refractivity contribution in [2.45, 2.75) is 6.61 Å². The molecular weight excluding hydrogens is 324 g/mol. The molecule has 0 spiro atoms. The fourth-order valence-electron chi connectivity index (χ4n) is 2.67. The molecular formula is C23H20O3. The van der Waals surface area contributed by atoms with E-state index in [-0.39, 0.29) is 0 Å². The number of carbonyl (C=O) groups is 1. The number of hydrogen-bond acceptors (Lipinski definition) is 3. The van der Waals surface area contributed by atoms with Crippen LogP contribution in [0.1, 0.15) is 11.1 Å². The number of ether oxygens (including phenoxy) is 2. The molecule has 0 radical (unpaired) electrons. The topological polar surface area (TPSA) is 35.5 Å². The average molecular weight is 344 g/mol. The monoisotopic (exact) mass is 344 g/mol. The highest BCUT2D eigenvalue weighted by atomic mass is 16.5. The minimum Gasteiger partial charge on any atom is -0.493 e. The maximum absolute atomic E-state index is 10.5. The lowest BCUT2D eigenvalue weighted by Gasteiger charge is -2.13. The van der Waals surface area contributed by atoms with E-state index in [1.807, 2.05) is 72.8 Å². The molecule has 0 aromatic heterocycles. The molecule has 0 aliphatic heterocycles. The van der Waals surface area contributed by atoms with Crippen LogP contribution in [0.4, 0.5) is 0 Å². The van der Waals surface area contributed by atoms with Gasteiger partial charge in [-0.2, -0.15) is 0 Å². The largest absolute Gasteiger partial charge is 0.493 e. The van der Waals surface area contributed by atoms with Gasteiger partial charge in [-0.1, -0.05) is 60.7 Å². The van der Waals surface area contributed by atoms with E-state index in [0.717, 1.165) is 28.5 Å². The van der Waals surface area contributed by atoms with Gasteiger partial charge < -0.3 is 9.47 Å². The van der Waals surface area contributed by atoms with Gasteiger partial charge in [0.05, 0.1) is 7.11 Å². The second-order valence-electron chi connectivity index (χ2n) is 5.76. The molecule has 130 valence electrons. The molecule has 0 saturated carbocycles. The maximum Gasteiger partial charge on any atom is 0.161 e. The van der Waals surface area contributed by atoms with Crippen LogP contribution >= 0.6 is 0 Å². The second-order valence-corrected chi connectivity index (χ2v) is 5.76. The summed E-state index contributed by atoms with van der Waals surface area (Å²) in [7, 11) is 1.64. The number of allylic oxidation sites excluding steroid dienone is 1. The van der Waals surface area contributed by atoms with Crippen molar-refractivity contribution < 1.29 is 14.3 Å². The lowest BCUT2D eigenvalue weighted by atomic mass is 10.0. The average Bonchev–Trinajstić information content (AvgIpc) is 2.71. The molecule has 0 atom stereocenters. The van der Waals surface area contributed by atoms with Gasteiger partial charge in [-0.05, 0) is 46.5 Å². The van der Waals surface area contributed by atoms with Crippen LogP contribution < -0.4 is 9.47 Å². The molecule has 0 aliphatic carbocycles. The van der Waals surface area contributed by atoms with Crippen molar-refractivity contribution in [1.82, 2.24) is 0 Å². The third-order valence-corrected chi connectivity index (χ3v) is 3.99. The molecule has 0 unspecified atom stereocenters. The Morgan fingerprint density at radius 1 is 0.846 bits per heavy atom. The summed E-state index contributed by atoms with van der Waals surface area (Å²) in [6.45, 7) is 0.489. The quantitative estimate of drug-likeness (QED) is 0.439. The number of aldehydes is 1. The molecule has 0 bridgehead atoms. The van der Waals surface area contributed by atoms with Gasteiger partial charge in [0.25, 0.3) is 0 Å². The molecule has 0 aliphatic rings. The molecule has 26 heavy (non-hydrogen) atoms. The molecule has 3 aromatic rings. The highest BCUT2D eigenvalue weighted by Gasteiger charge is 2.08. The smallest absolute Gasteiger partial charge is 0.161 e. The van der Waals surface area contributed by atoms with Crippen molar-refractivity contribution in [2.24, 2.45) is 0 Å². The van der Waals surface area contributed by atoms with E-state index in [4.69, 9.17) is 9.47 Å². The van der Waals surface area contributed by atoms with E-state index in [0.29, 0.717) is 18.1 Å². The van der Waals surface area contributed by atoms with Gasteiger partial charge in [-0.3, -0.25) is 4.79 Å². The Balaban J connectivity index is 1.82. The van der Waals surface area contributed by atoms with E-state index in [1.54, 1.807) is 13.2 Å². The van der Waals surface area contributed by atoms with E-state index in [2.05, 4.69) is 0 Å². The zero-order valence-corrected chi connectivity index (χ0v) is 14.6. The molecule has 3 rings (SSSR count). The van der Waals surface area contributed by atoms with E-state index < -0.39 is 0 Å². The minimum atomic E-state index is 0.489. The summed E-state index contributed by atoms with van der Waals surface area (Å²) in [5.41, 5.74) is 4.15. The predicted octanol–water partition coefficient (Wildman–Crippen LogP) is 5.15. The molecule has 0 fully saturated rings. The summed E-state index contributed by atoms with van der Waals surface area (Å²) in [6, 6.07) is 23.9. The van der Waals surface area contributed by atoms with Crippen LogP contribution in [0.5, 0.6) is 11.5 Å². The molecule has 3 nitrogen and oxygen atoms in total. The second kappa shape index (κ2) is 8.67. The van der Waals surface area contributed by atoms with Gasteiger partial charge >= 0.3 is 0 Å². The Morgan fingerprint density at radius 3 is 2.42 bits per heavy atom. The molecule has 0 amide bonds. The first-order chi connectivity index (χ1) is 12.8. The Kier molecular flexibility index (Phi) is 5.84. The van der Waals surface area contributed by atoms with Gasteiger partial charge in [-0.25, -0.2) is 0 Å². The Morgan fingerprint density at radius 2 is 1.65 bits per heavy atom. The fraction of sp³-hybridized carbons (Fsp3) is 0.0870. The predicted molar refractivity (Wildman–Crippen MR) is 104 cm³/mol. The summed E-state index contributed by atoms with van der Waals surface area (Å²) in [5.74, 6) is 1.39. The number of methoxy groups -OCH3 is 1. The first-order valence-electron chi connectivity index (χ1n) is 8.37. The van der Waals surface area contributed by atoms with Gasteiger partial charge in [-0.15, -0.1) is 0 Å². The summed E-state index contributed by atoms with van der Waals surface area (Å²) < 4.78 is 11.4. The van der Waals surface area contributed by atoms with Crippen molar-refractivity contribution in [3.05, 3.63) is 90.0 Å². The lowest BCUT2D eigenvalue weighted by Crippen LogP contribution is -1.97. The van der Waals surface area contributed by atoms with E-state index >= 15 is 0 Å². The number of rotatable bonds is 7. The zero-order valence-electron chi connectivity index (χ0n) is 14.6. The van der Waals surface area contributed by atoms with Crippen LogP contribution in [0, 0.1) is 0 Å². The van der Waals surface area contributed by atoms with Crippen LogP contribution in [-0.4, -0.2) is 13.4 Å². The van der Waals surface area contributed by atoms with Crippen molar-refractivity contribution in [1.29, 1.82) is 0 Å². The van der Waals surface area contributed by atoms with Gasteiger partial charge in [0.2, 0.25) is 0 Å². The van der Waals surface area contributed by atoms with Crippen molar-refractivity contribution in [3.63, 3.8) is 0 Å². The first kappa shape index (κ1) is 17.5. The van der Waals surface area contributed by atoms with Crippen molar-refractivity contribution >= 4 is 12.4 Å². The highest BCUT2D eigenvalue weighted by molar-refractivity contribution is 5.76. The van der Waals surface area contributed by atoms with Crippen LogP contribution in [0.15, 0.2) is 78.9 Å². The third-order valence-electron chi connectivity index (χ3n) is 3.99. The number of benzene rings is 3. The van der Waals surface area contributed by atoms with Crippen LogP contribution in [-0.2, 0) is 11.4 Å². The van der Waals surface area contributed by atoms with E-state index in [9.17, 15) is 4.79 Å². The van der Waals surface area contributed by atoms with Crippen molar-refractivity contribution in [2.75, 3.05) is 7.11 Å². The lowest BCUT2D eigenvalue weighted by molar-refractivity contribution is -0.104. The highest BCUT2D eigenvalue weighted by Crippen LogP contribution is 2.33. The molecule has 3 aromatic carbocycles. The molecule has 0 heterocycles. The number of carbonyl (C=O) groups excluding carboxylic acids is 1. The van der Waals surface area contributed by atoms with Crippen LogP contribution in [0.3, 0.4) is 0 Å². The minimum absolute atomic E-state index is 0.489. The third kappa shape index (κ3) is 4.39. The fourth-order valence-corrected chi connectivity index (χ4v) is 2.67. The molecule has 3 heteroatoms. The summed E-state index contributed by atoms with van der Waals surface area (Å²) in [5, 5.41) is 0. The SMILES string of the molecule is COc1cc(-c2cccc(/C=C/C=O)c2)ccc1OCc1ccccc1. The zero-order chi connectivity index (χ0) is 18.2. The summed E-state index contributed by atoms with van der Waals surface area (Å²) in [6.07, 6.45) is 4.04. The first-order valence-corrected chi connectivity index (χ1v) is 8.37. The normalized spacial score (nSPS) is 10.7. The summed E-state index contributed by atoms with van der Waals surface area (Å²) >= 11 is 0. The maximum atomic E-state index is 10.5. The van der Waals surface area contributed by atoms with Gasteiger partial charge in [0.15, 0.2) is 11.5 Å². The Hall–Kier alpha value is -3.33. The summed E-state index contributed by atoms with van der Waals surface area (Å²) in [4.78, 5) is 10.5. The molecule has 0 N–H and O–H groups in total. The Bertz CT molecular complexity index is 898. The standard InChI is InChI=1S/C23H20O3/c1-25-23-16-21(20-11-5-9-18(15-20)10-6-14-24)12-13-22(23)26-17-19-7-3-2-4-8-19/h2-16H,17H2,1H3/b10-6+. The van der Waals surface area contributed by atoms with Gasteiger partial charge in [0, 0.05) is 0 Å².